The number of alkyl halides is 2. The van der Waals surface area contributed by atoms with Crippen LogP contribution in [-0.4, -0.2) is 25.1 Å². The Morgan fingerprint density at radius 1 is 1.33 bits per heavy atom. The Labute approximate surface area is 123 Å². The molecule has 0 radical (unpaired) electrons. The van der Waals surface area contributed by atoms with Crippen LogP contribution in [0.1, 0.15) is 15.2 Å². The van der Waals surface area contributed by atoms with Crippen molar-refractivity contribution in [1.82, 2.24) is 4.98 Å². The molecule has 2 aromatic heterocycles. The monoisotopic (exact) mass is 332 g/mol. The second-order valence-electron chi connectivity index (χ2n) is 4.09. The number of amides is 1. The summed E-state index contributed by atoms with van der Waals surface area (Å²) in [5.41, 5.74) is 0.880. The number of thiophene rings is 1. The van der Waals surface area contributed by atoms with Crippen LogP contribution in [0, 0.1) is 6.92 Å². The average Bonchev–Trinajstić information content (AvgIpc) is 2.91. The van der Waals surface area contributed by atoms with Gasteiger partial charge in [-0.3, -0.25) is 4.79 Å². The van der Waals surface area contributed by atoms with Crippen molar-refractivity contribution in [3.8, 4) is 0 Å². The van der Waals surface area contributed by atoms with E-state index in [0.29, 0.717) is 0 Å². The predicted molar refractivity (Wildman–Crippen MR) is 74.4 cm³/mol. The highest BCUT2D eigenvalue weighted by Gasteiger charge is 2.32. The summed E-state index contributed by atoms with van der Waals surface area (Å²) in [6.07, 6.45) is 1.51. The van der Waals surface area contributed by atoms with Crippen molar-refractivity contribution in [1.29, 1.82) is 0 Å². The fraction of sp³-hybridized carbons (Fsp3) is 0.167. The molecular weight excluding hydrogens is 322 g/mol. The first kappa shape index (κ1) is 15.5. The minimum absolute atomic E-state index is 0.208. The molecule has 112 valence electrons. The van der Waals surface area contributed by atoms with Gasteiger partial charge in [0.05, 0.1) is 4.90 Å². The highest BCUT2D eigenvalue weighted by Crippen LogP contribution is 2.27. The number of sulfone groups is 1. The molecule has 0 atom stereocenters. The van der Waals surface area contributed by atoms with Crippen molar-refractivity contribution < 1.29 is 22.0 Å². The zero-order chi connectivity index (χ0) is 15.6. The molecular formula is C12H10F2N2O3S2. The molecule has 9 heteroatoms. The van der Waals surface area contributed by atoms with Gasteiger partial charge in [0.25, 0.3) is 5.91 Å². The molecule has 1 N–H and O–H groups in total. The van der Waals surface area contributed by atoms with Crippen LogP contribution in [0.2, 0.25) is 0 Å². The molecule has 21 heavy (non-hydrogen) atoms. The molecule has 0 aliphatic rings. The van der Waals surface area contributed by atoms with E-state index in [1.165, 1.54) is 17.6 Å². The molecule has 0 fully saturated rings. The molecule has 0 aliphatic carbocycles. The second kappa shape index (κ2) is 5.86. The number of nitrogens with one attached hydrogen (secondary N) is 1. The minimum Gasteiger partial charge on any atom is -0.306 e. The van der Waals surface area contributed by atoms with Crippen molar-refractivity contribution in [2.45, 2.75) is 17.6 Å². The van der Waals surface area contributed by atoms with E-state index in [-0.39, 0.29) is 10.7 Å². The molecule has 2 aromatic rings. The minimum atomic E-state index is -4.81. The Kier molecular flexibility index (Phi) is 4.33. The fourth-order valence-corrected chi connectivity index (χ4v) is 3.56. The molecule has 0 aromatic carbocycles. The van der Waals surface area contributed by atoms with Gasteiger partial charge in [-0.15, -0.1) is 11.3 Å². The Balaban J connectivity index is 2.29. The Morgan fingerprint density at radius 2 is 2.05 bits per heavy atom. The van der Waals surface area contributed by atoms with Crippen LogP contribution in [0.5, 0.6) is 0 Å². The lowest BCUT2D eigenvalue weighted by Gasteiger charge is -2.06. The van der Waals surface area contributed by atoms with Crippen molar-refractivity contribution >= 4 is 32.9 Å². The molecule has 0 saturated carbocycles. The summed E-state index contributed by atoms with van der Waals surface area (Å²) in [6, 6.07) is 4.22. The number of nitrogens with zero attached hydrogens (tertiary/aromatic N) is 1. The van der Waals surface area contributed by atoms with Crippen LogP contribution in [0.4, 0.5) is 14.6 Å². The molecule has 2 rings (SSSR count). The first-order valence-corrected chi connectivity index (χ1v) is 8.08. The number of aromatic nitrogens is 1. The maximum atomic E-state index is 12.6. The van der Waals surface area contributed by atoms with Crippen LogP contribution in [0.25, 0.3) is 0 Å². The highest BCUT2D eigenvalue weighted by atomic mass is 32.2. The SMILES string of the molecule is Cc1ccc(NC(=O)c2sccc2S(=O)(=O)C(F)F)nc1. The predicted octanol–water partition coefficient (Wildman–Crippen LogP) is 2.70. The average molecular weight is 332 g/mol. The first-order chi connectivity index (χ1) is 9.82. The van der Waals surface area contributed by atoms with Gasteiger partial charge in [-0.05, 0) is 30.0 Å². The summed E-state index contributed by atoms with van der Waals surface area (Å²) < 4.78 is 48.1. The second-order valence-corrected chi connectivity index (χ2v) is 6.90. The van der Waals surface area contributed by atoms with E-state index in [9.17, 15) is 22.0 Å². The maximum absolute atomic E-state index is 12.6. The normalized spacial score (nSPS) is 11.6. The number of hydrogen-bond acceptors (Lipinski definition) is 5. The molecule has 0 aliphatic heterocycles. The number of carbonyl (C=O) groups is 1. The number of hydrogen-bond donors (Lipinski definition) is 1. The van der Waals surface area contributed by atoms with Crippen molar-refractivity contribution in [2.24, 2.45) is 0 Å². The topological polar surface area (TPSA) is 76.1 Å². The summed E-state index contributed by atoms with van der Waals surface area (Å²) >= 11 is 0.772. The van der Waals surface area contributed by atoms with Gasteiger partial charge >= 0.3 is 5.76 Å². The van der Waals surface area contributed by atoms with E-state index < -0.39 is 26.4 Å². The summed E-state index contributed by atoms with van der Waals surface area (Å²) in [6.45, 7) is 1.81. The highest BCUT2D eigenvalue weighted by molar-refractivity contribution is 7.92. The molecule has 0 bridgehead atoms. The van der Waals surface area contributed by atoms with Crippen LogP contribution in [0.3, 0.4) is 0 Å². The summed E-state index contributed by atoms with van der Waals surface area (Å²) in [5.74, 6) is -4.16. The molecule has 1 amide bonds. The number of aryl methyl sites for hydroxylation is 1. The van der Waals surface area contributed by atoms with Gasteiger partial charge in [0, 0.05) is 6.20 Å². The summed E-state index contributed by atoms with van der Waals surface area (Å²) in [7, 11) is -4.81. The van der Waals surface area contributed by atoms with Gasteiger partial charge in [0.1, 0.15) is 10.7 Å². The fourth-order valence-electron chi connectivity index (χ4n) is 1.50. The first-order valence-electron chi connectivity index (χ1n) is 5.66. The standard InChI is InChI=1S/C12H10F2N2O3S2/c1-7-2-3-9(15-6-7)16-11(17)10-8(4-5-20-10)21(18,19)12(13)14/h2-6,12H,1H3,(H,15,16,17). The van der Waals surface area contributed by atoms with Crippen molar-refractivity contribution in [2.75, 3.05) is 5.32 Å². The van der Waals surface area contributed by atoms with Gasteiger partial charge < -0.3 is 5.32 Å². The van der Waals surface area contributed by atoms with Gasteiger partial charge in [0.15, 0.2) is 0 Å². The third-order valence-corrected chi connectivity index (χ3v) is 4.99. The summed E-state index contributed by atoms with van der Waals surface area (Å²) in [4.78, 5) is 15.0. The lowest BCUT2D eigenvalue weighted by molar-refractivity contribution is 0.102. The number of halogens is 2. The van der Waals surface area contributed by atoms with Crippen LogP contribution in [0.15, 0.2) is 34.7 Å². The van der Waals surface area contributed by atoms with Crippen LogP contribution >= 0.6 is 11.3 Å². The van der Waals surface area contributed by atoms with E-state index in [2.05, 4.69) is 10.3 Å². The lowest BCUT2D eigenvalue weighted by Crippen LogP contribution is -2.18. The molecule has 2 heterocycles. The largest absolute Gasteiger partial charge is 0.341 e. The quantitative estimate of drug-likeness (QED) is 0.934. The van der Waals surface area contributed by atoms with Crippen molar-refractivity contribution in [3.05, 3.63) is 40.2 Å². The van der Waals surface area contributed by atoms with E-state index in [4.69, 9.17) is 0 Å². The Morgan fingerprint density at radius 3 is 2.62 bits per heavy atom. The smallest absolute Gasteiger partial charge is 0.306 e. The Hall–Kier alpha value is -1.87. The van der Waals surface area contributed by atoms with Crippen LogP contribution in [-0.2, 0) is 9.84 Å². The van der Waals surface area contributed by atoms with Crippen LogP contribution < -0.4 is 5.32 Å². The Bertz CT molecular complexity index is 755. The van der Waals surface area contributed by atoms with E-state index in [1.807, 2.05) is 6.92 Å². The summed E-state index contributed by atoms with van der Waals surface area (Å²) in [5, 5.41) is 3.64. The molecule has 0 spiro atoms. The van der Waals surface area contributed by atoms with Crippen molar-refractivity contribution in [3.63, 3.8) is 0 Å². The van der Waals surface area contributed by atoms with Gasteiger partial charge in [-0.1, -0.05) is 6.07 Å². The van der Waals surface area contributed by atoms with Gasteiger partial charge in [-0.2, -0.15) is 8.78 Å². The van der Waals surface area contributed by atoms with E-state index in [0.717, 1.165) is 23.0 Å². The zero-order valence-corrected chi connectivity index (χ0v) is 12.3. The zero-order valence-electron chi connectivity index (χ0n) is 10.7. The maximum Gasteiger partial charge on any atom is 0.341 e. The van der Waals surface area contributed by atoms with E-state index in [1.54, 1.807) is 6.07 Å². The number of carbonyl (C=O) groups excluding carboxylic acids is 1. The molecule has 0 unspecified atom stereocenters. The van der Waals surface area contributed by atoms with Gasteiger partial charge in [-0.25, -0.2) is 13.4 Å². The number of rotatable bonds is 4. The molecule has 5 nitrogen and oxygen atoms in total. The van der Waals surface area contributed by atoms with Gasteiger partial charge in [0.2, 0.25) is 9.84 Å². The number of pyridine rings is 1. The van der Waals surface area contributed by atoms with E-state index >= 15 is 0 Å². The number of anilines is 1. The third kappa shape index (κ3) is 3.24. The molecule has 0 saturated heterocycles. The lowest BCUT2D eigenvalue weighted by atomic mass is 10.3. The third-order valence-electron chi connectivity index (χ3n) is 2.53.